The molecule has 5 rings (SSSR count). The number of hydrogen-bond donors (Lipinski definition) is 0. The van der Waals surface area contributed by atoms with Crippen molar-refractivity contribution in [1.29, 1.82) is 0 Å². The molecule has 1 aromatic heterocycles. The van der Waals surface area contributed by atoms with Crippen molar-refractivity contribution in [2.75, 3.05) is 31.1 Å². The summed E-state index contributed by atoms with van der Waals surface area (Å²) in [5.74, 6) is 0.561. The van der Waals surface area contributed by atoms with Gasteiger partial charge in [-0.05, 0) is 48.9 Å². The van der Waals surface area contributed by atoms with E-state index in [4.69, 9.17) is 16.3 Å². The number of anilines is 1. The topological polar surface area (TPSA) is 37.7 Å². The van der Waals surface area contributed by atoms with E-state index in [1.807, 2.05) is 23.1 Å². The lowest BCUT2D eigenvalue weighted by molar-refractivity contribution is 0.0730. The van der Waals surface area contributed by atoms with E-state index in [9.17, 15) is 9.18 Å². The molecule has 1 unspecified atom stereocenters. The van der Waals surface area contributed by atoms with Crippen LogP contribution in [0, 0.1) is 5.82 Å². The molecule has 0 N–H and O–H groups in total. The van der Waals surface area contributed by atoms with Gasteiger partial charge in [-0.2, -0.15) is 0 Å². The summed E-state index contributed by atoms with van der Waals surface area (Å²) >= 11 is 6.43. The molecule has 156 valence electrons. The lowest BCUT2D eigenvalue weighted by atomic mass is 10.2. The molecule has 2 aromatic carbocycles. The first-order valence-corrected chi connectivity index (χ1v) is 10.7. The van der Waals surface area contributed by atoms with Crippen LogP contribution in [0.25, 0.3) is 10.9 Å². The number of rotatable bonds is 3. The van der Waals surface area contributed by atoms with Crippen molar-refractivity contribution in [2.24, 2.45) is 0 Å². The summed E-state index contributed by atoms with van der Waals surface area (Å²) in [7, 11) is 0. The lowest BCUT2D eigenvalue weighted by Crippen LogP contribution is -2.49. The molecule has 2 aliphatic rings. The minimum Gasteiger partial charge on any atom is -0.486 e. The van der Waals surface area contributed by atoms with Crippen LogP contribution in [0.2, 0.25) is 5.02 Å². The van der Waals surface area contributed by atoms with Crippen molar-refractivity contribution in [3.05, 3.63) is 59.0 Å². The van der Waals surface area contributed by atoms with Gasteiger partial charge in [-0.15, -0.1) is 0 Å². The number of carbonyl (C=O) groups excluding carboxylic acids is 1. The number of halogens is 2. The Hall–Kier alpha value is -2.73. The van der Waals surface area contributed by atoms with Crippen molar-refractivity contribution in [3.8, 4) is 5.75 Å². The highest BCUT2D eigenvalue weighted by Gasteiger charge is 2.30. The van der Waals surface area contributed by atoms with E-state index in [0.29, 0.717) is 43.4 Å². The van der Waals surface area contributed by atoms with Gasteiger partial charge in [0.1, 0.15) is 23.4 Å². The molecule has 0 saturated carbocycles. The first-order valence-electron chi connectivity index (χ1n) is 10.3. The van der Waals surface area contributed by atoms with E-state index in [-0.39, 0.29) is 17.8 Å². The van der Waals surface area contributed by atoms with Crippen LogP contribution in [0.15, 0.2) is 42.5 Å². The second kappa shape index (κ2) is 7.51. The van der Waals surface area contributed by atoms with Gasteiger partial charge in [0.15, 0.2) is 0 Å². The number of carbonyl (C=O) groups is 1. The zero-order valence-electron chi connectivity index (χ0n) is 16.8. The Morgan fingerprint density at radius 3 is 2.57 bits per heavy atom. The van der Waals surface area contributed by atoms with Crippen LogP contribution in [0.1, 0.15) is 23.8 Å². The van der Waals surface area contributed by atoms with Crippen LogP contribution in [0.5, 0.6) is 5.75 Å². The molecule has 0 spiro atoms. The van der Waals surface area contributed by atoms with Crippen LogP contribution >= 0.6 is 11.6 Å². The van der Waals surface area contributed by atoms with Crippen molar-refractivity contribution in [1.82, 2.24) is 9.47 Å². The van der Waals surface area contributed by atoms with E-state index < -0.39 is 0 Å². The predicted octanol–water partition coefficient (Wildman–Crippen LogP) is 4.57. The average molecular weight is 428 g/mol. The van der Waals surface area contributed by atoms with Crippen molar-refractivity contribution < 1.29 is 13.9 Å². The zero-order chi connectivity index (χ0) is 20.8. The third-order valence-corrected chi connectivity index (χ3v) is 6.41. The molecular formula is C23H23ClFN3O2. The van der Waals surface area contributed by atoms with Gasteiger partial charge in [0, 0.05) is 37.3 Å². The molecule has 1 amide bonds. The Bertz CT molecular complexity index is 1100. The molecule has 5 nitrogen and oxygen atoms in total. The maximum Gasteiger partial charge on any atom is 0.270 e. The molecule has 1 atom stereocenters. The number of nitrogens with zero attached hydrogens (tertiary/aromatic N) is 3. The number of piperazine rings is 1. The molecule has 3 aromatic rings. The monoisotopic (exact) mass is 427 g/mol. The van der Waals surface area contributed by atoms with Gasteiger partial charge in [-0.25, -0.2) is 4.39 Å². The largest absolute Gasteiger partial charge is 0.486 e. The Kier molecular flexibility index (Phi) is 4.82. The molecule has 1 saturated heterocycles. The van der Waals surface area contributed by atoms with Crippen LogP contribution in [0.4, 0.5) is 10.1 Å². The minimum atomic E-state index is -0.241. The normalized spacial score (nSPS) is 18.6. The Balaban J connectivity index is 1.40. The van der Waals surface area contributed by atoms with E-state index in [1.54, 1.807) is 12.1 Å². The predicted molar refractivity (Wildman–Crippen MR) is 116 cm³/mol. The SMILES string of the molecule is CCC1Cn2c(C(=O)N3CCN(c4ccc(F)cc4)CC3)cc3c(Cl)ccc(c32)O1. The molecule has 3 heterocycles. The van der Waals surface area contributed by atoms with Gasteiger partial charge in [0.05, 0.1) is 17.1 Å². The highest BCUT2D eigenvalue weighted by molar-refractivity contribution is 6.36. The maximum atomic E-state index is 13.4. The first kappa shape index (κ1) is 19.2. The fourth-order valence-corrected chi connectivity index (χ4v) is 4.60. The highest BCUT2D eigenvalue weighted by Crippen LogP contribution is 2.38. The van der Waals surface area contributed by atoms with Gasteiger partial charge in [-0.3, -0.25) is 4.79 Å². The standard InChI is InChI=1S/C23H23ClFN3O2/c1-2-17-14-28-20(13-18-19(24)7-8-21(30-17)22(18)28)23(29)27-11-9-26(10-12-27)16-5-3-15(25)4-6-16/h3-8,13,17H,2,9-12,14H2,1H3. The van der Waals surface area contributed by atoms with Gasteiger partial charge >= 0.3 is 0 Å². The number of benzene rings is 2. The van der Waals surface area contributed by atoms with Gasteiger partial charge in [0.25, 0.3) is 5.91 Å². The second-order valence-corrected chi connectivity index (χ2v) is 8.26. The van der Waals surface area contributed by atoms with Gasteiger partial charge < -0.3 is 19.1 Å². The van der Waals surface area contributed by atoms with Crippen LogP contribution in [-0.4, -0.2) is 47.7 Å². The third kappa shape index (κ3) is 3.19. The zero-order valence-corrected chi connectivity index (χ0v) is 17.5. The quantitative estimate of drug-likeness (QED) is 0.614. The van der Waals surface area contributed by atoms with Crippen molar-refractivity contribution in [2.45, 2.75) is 26.0 Å². The smallest absolute Gasteiger partial charge is 0.270 e. The van der Waals surface area contributed by atoms with E-state index in [2.05, 4.69) is 16.4 Å². The van der Waals surface area contributed by atoms with E-state index >= 15 is 0 Å². The molecule has 0 aliphatic carbocycles. The molecule has 1 fully saturated rings. The summed E-state index contributed by atoms with van der Waals surface area (Å²) < 4.78 is 21.3. The summed E-state index contributed by atoms with van der Waals surface area (Å²) in [6.07, 6.45) is 0.905. The molecule has 2 aliphatic heterocycles. The van der Waals surface area contributed by atoms with E-state index in [0.717, 1.165) is 28.8 Å². The van der Waals surface area contributed by atoms with Gasteiger partial charge in [-0.1, -0.05) is 18.5 Å². The summed E-state index contributed by atoms with van der Waals surface area (Å²) in [6.45, 7) is 5.39. The fraction of sp³-hybridized carbons (Fsp3) is 0.348. The second-order valence-electron chi connectivity index (χ2n) is 7.85. The molecule has 0 bridgehead atoms. The summed E-state index contributed by atoms with van der Waals surface area (Å²) in [5, 5.41) is 1.48. The van der Waals surface area contributed by atoms with Gasteiger partial charge in [0.2, 0.25) is 0 Å². The molecular weight excluding hydrogens is 405 g/mol. The summed E-state index contributed by atoms with van der Waals surface area (Å²) in [6, 6.07) is 12.1. The number of ether oxygens (including phenoxy) is 1. The number of hydrogen-bond acceptors (Lipinski definition) is 3. The van der Waals surface area contributed by atoms with Crippen LogP contribution in [0.3, 0.4) is 0 Å². The molecule has 0 radical (unpaired) electrons. The molecule has 7 heteroatoms. The van der Waals surface area contributed by atoms with Crippen LogP contribution in [-0.2, 0) is 6.54 Å². The number of aromatic nitrogens is 1. The molecule has 30 heavy (non-hydrogen) atoms. The highest BCUT2D eigenvalue weighted by atomic mass is 35.5. The Morgan fingerprint density at radius 2 is 1.87 bits per heavy atom. The van der Waals surface area contributed by atoms with Crippen LogP contribution < -0.4 is 9.64 Å². The summed E-state index contributed by atoms with van der Waals surface area (Å²) in [4.78, 5) is 17.5. The third-order valence-electron chi connectivity index (χ3n) is 6.08. The maximum absolute atomic E-state index is 13.4. The van der Waals surface area contributed by atoms with Crippen molar-refractivity contribution >= 4 is 34.1 Å². The fourth-order valence-electron chi connectivity index (χ4n) is 4.39. The Morgan fingerprint density at radius 1 is 1.13 bits per heavy atom. The van der Waals surface area contributed by atoms with E-state index in [1.165, 1.54) is 12.1 Å². The minimum absolute atomic E-state index is 0.0173. The number of amides is 1. The Labute approximate surface area is 179 Å². The average Bonchev–Trinajstić information content (AvgIpc) is 3.17. The lowest BCUT2D eigenvalue weighted by Gasteiger charge is -2.36. The van der Waals surface area contributed by atoms with Crippen molar-refractivity contribution in [3.63, 3.8) is 0 Å². The summed E-state index contributed by atoms with van der Waals surface area (Å²) in [5.41, 5.74) is 2.54. The first-order chi connectivity index (χ1) is 14.5.